The molecule has 1 saturated heterocycles. The van der Waals surface area contributed by atoms with E-state index in [9.17, 15) is 0 Å². The lowest BCUT2D eigenvalue weighted by molar-refractivity contribution is 0.603. The maximum absolute atomic E-state index is 4.59. The Morgan fingerprint density at radius 1 is 1.26 bits per heavy atom. The summed E-state index contributed by atoms with van der Waals surface area (Å²) in [5.41, 5.74) is 0.970. The Morgan fingerprint density at radius 3 is 2.95 bits per heavy atom. The third-order valence-corrected chi connectivity index (χ3v) is 3.16. The summed E-state index contributed by atoms with van der Waals surface area (Å²) in [4.78, 5) is 13.4. The van der Waals surface area contributed by atoms with Crippen molar-refractivity contribution in [3.05, 3.63) is 42.0 Å². The zero-order chi connectivity index (χ0) is 13.1. The third-order valence-electron chi connectivity index (χ3n) is 3.16. The van der Waals surface area contributed by atoms with Gasteiger partial charge < -0.3 is 10.6 Å². The van der Waals surface area contributed by atoms with Gasteiger partial charge in [0.1, 0.15) is 17.5 Å². The van der Waals surface area contributed by atoms with Crippen molar-refractivity contribution in [2.45, 2.75) is 25.8 Å². The molecule has 98 valence electrons. The fraction of sp³-hybridized carbons (Fsp3) is 0.357. The standard InChI is InChI=1S/C14H17N5/c1-10-9-13(18-12-6-2-3-7-16-12)19-14(17-10)11-5-4-8-15-11/h2-3,6-7,9,11,15H,4-5,8H2,1H3,(H,16,17,18,19)/t11-/m1/s1. The first-order valence-corrected chi connectivity index (χ1v) is 6.58. The molecule has 1 fully saturated rings. The van der Waals surface area contributed by atoms with E-state index < -0.39 is 0 Å². The minimum absolute atomic E-state index is 0.282. The molecule has 3 heterocycles. The summed E-state index contributed by atoms with van der Waals surface area (Å²) in [5, 5.41) is 6.64. The van der Waals surface area contributed by atoms with Crippen molar-refractivity contribution in [3.63, 3.8) is 0 Å². The molecule has 0 amide bonds. The van der Waals surface area contributed by atoms with E-state index in [1.54, 1.807) is 6.20 Å². The van der Waals surface area contributed by atoms with Crippen LogP contribution in [-0.4, -0.2) is 21.5 Å². The SMILES string of the molecule is Cc1cc(Nc2ccccn2)nc([C@H]2CCCN2)n1. The van der Waals surface area contributed by atoms with Gasteiger partial charge in [0.25, 0.3) is 0 Å². The van der Waals surface area contributed by atoms with Gasteiger partial charge in [0.05, 0.1) is 6.04 Å². The summed E-state index contributed by atoms with van der Waals surface area (Å²) in [6, 6.07) is 7.98. The molecule has 0 unspecified atom stereocenters. The highest BCUT2D eigenvalue weighted by Gasteiger charge is 2.19. The molecule has 0 aromatic carbocycles. The highest BCUT2D eigenvalue weighted by atomic mass is 15.1. The Hall–Kier alpha value is -2.01. The fourth-order valence-corrected chi connectivity index (χ4v) is 2.28. The number of anilines is 2. The number of aryl methyl sites for hydroxylation is 1. The highest BCUT2D eigenvalue weighted by molar-refractivity contribution is 5.51. The third kappa shape index (κ3) is 2.88. The zero-order valence-electron chi connectivity index (χ0n) is 10.9. The van der Waals surface area contributed by atoms with Gasteiger partial charge in [-0.15, -0.1) is 0 Å². The van der Waals surface area contributed by atoms with E-state index in [1.807, 2.05) is 31.2 Å². The number of aromatic nitrogens is 3. The molecule has 1 aliphatic heterocycles. The van der Waals surface area contributed by atoms with Crippen LogP contribution in [0.25, 0.3) is 0 Å². The van der Waals surface area contributed by atoms with E-state index in [1.165, 1.54) is 6.42 Å². The van der Waals surface area contributed by atoms with Crippen LogP contribution in [0, 0.1) is 6.92 Å². The molecule has 5 heteroatoms. The Labute approximate surface area is 112 Å². The lowest BCUT2D eigenvalue weighted by Crippen LogP contribution is -2.17. The highest BCUT2D eigenvalue weighted by Crippen LogP contribution is 2.22. The van der Waals surface area contributed by atoms with E-state index in [0.29, 0.717) is 0 Å². The van der Waals surface area contributed by atoms with Crippen LogP contribution in [-0.2, 0) is 0 Å². The number of nitrogens with one attached hydrogen (secondary N) is 2. The Balaban J connectivity index is 1.85. The van der Waals surface area contributed by atoms with Crippen LogP contribution in [0.4, 0.5) is 11.6 Å². The smallest absolute Gasteiger partial charge is 0.147 e. The molecule has 2 N–H and O–H groups in total. The van der Waals surface area contributed by atoms with Crippen molar-refractivity contribution in [2.24, 2.45) is 0 Å². The predicted octanol–water partition coefficient (Wildman–Crippen LogP) is 2.35. The van der Waals surface area contributed by atoms with Gasteiger partial charge in [-0.2, -0.15) is 0 Å². The van der Waals surface area contributed by atoms with Crippen molar-refractivity contribution in [3.8, 4) is 0 Å². The van der Waals surface area contributed by atoms with Gasteiger partial charge in [-0.3, -0.25) is 0 Å². The van der Waals surface area contributed by atoms with E-state index >= 15 is 0 Å². The first-order chi connectivity index (χ1) is 9.31. The normalized spacial score (nSPS) is 18.5. The summed E-state index contributed by atoms with van der Waals surface area (Å²) < 4.78 is 0. The Bertz CT molecular complexity index is 549. The van der Waals surface area contributed by atoms with Crippen molar-refractivity contribution in [1.82, 2.24) is 20.3 Å². The molecule has 0 bridgehead atoms. The minimum Gasteiger partial charge on any atom is -0.325 e. The van der Waals surface area contributed by atoms with Crippen LogP contribution in [0.15, 0.2) is 30.5 Å². The quantitative estimate of drug-likeness (QED) is 0.881. The average Bonchev–Trinajstić information content (AvgIpc) is 2.93. The summed E-state index contributed by atoms with van der Waals surface area (Å²) in [6.07, 6.45) is 4.05. The van der Waals surface area contributed by atoms with Gasteiger partial charge in [-0.05, 0) is 38.4 Å². The predicted molar refractivity (Wildman–Crippen MR) is 74.3 cm³/mol. The molecule has 1 atom stereocenters. The molecule has 5 nitrogen and oxygen atoms in total. The number of hydrogen-bond acceptors (Lipinski definition) is 5. The molecule has 19 heavy (non-hydrogen) atoms. The molecule has 0 saturated carbocycles. The molecule has 0 spiro atoms. The monoisotopic (exact) mass is 255 g/mol. The van der Waals surface area contributed by atoms with E-state index in [0.717, 1.165) is 36.1 Å². The van der Waals surface area contributed by atoms with Gasteiger partial charge in [0.2, 0.25) is 0 Å². The van der Waals surface area contributed by atoms with Gasteiger partial charge >= 0.3 is 0 Å². The summed E-state index contributed by atoms with van der Waals surface area (Å²) in [6.45, 7) is 3.04. The van der Waals surface area contributed by atoms with Crippen LogP contribution in [0.5, 0.6) is 0 Å². The first kappa shape index (κ1) is 12.0. The van der Waals surface area contributed by atoms with Crippen LogP contribution in [0.1, 0.15) is 30.4 Å². The van der Waals surface area contributed by atoms with Gasteiger partial charge in [0, 0.05) is 18.0 Å². The zero-order valence-corrected chi connectivity index (χ0v) is 10.9. The lowest BCUT2D eigenvalue weighted by atomic mass is 10.2. The number of hydrogen-bond donors (Lipinski definition) is 2. The van der Waals surface area contributed by atoms with Crippen LogP contribution in [0.2, 0.25) is 0 Å². The van der Waals surface area contributed by atoms with Crippen LogP contribution in [0.3, 0.4) is 0 Å². The van der Waals surface area contributed by atoms with Crippen molar-refractivity contribution in [1.29, 1.82) is 0 Å². The van der Waals surface area contributed by atoms with Gasteiger partial charge in [-0.1, -0.05) is 6.07 Å². The largest absolute Gasteiger partial charge is 0.325 e. The van der Waals surface area contributed by atoms with Crippen molar-refractivity contribution in [2.75, 3.05) is 11.9 Å². The molecule has 3 rings (SSSR count). The second-order valence-electron chi connectivity index (χ2n) is 4.74. The fourth-order valence-electron chi connectivity index (χ4n) is 2.28. The molecule has 2 aromatic rings. The molecular formula is C14H17N5. The van der Waals surface area contributed by atoms with Crippen LogP contribution >= 0.6 is 0 Å². The minimum atomic E-state index is 0.282. The van der Waals surface area contributed by atoms with Crippen LogP contribution < -0.4 is 10.6 Å². The van der Waals surface area contributed by atoms with E-state index in [4.69, 9.17) is 0 Å². The average molecular weight is 255 g/mol. The molecular weight excluding hydrogens is 238 g/mol. The van der Waals surface area contributed by atoms with Gasteiger partial charge in [-0.25, -0.2) is 15.0 Å². The van der Waals surface area contributed by atoms with Gasteiger partial charge in [0.15, 0.2) is 0 Å². The number of rotatable bonds is 3. The van der Waals surface area contributed by atoms with E-state index in [2.05, 4.69) is 25.6 Å². The van der Waals surface area contributed by atoms with E-state index in [-0.39, 0.29) is 6.04 Å². The topological polar surface area (TPSA) is 62.7 Å². The lowest BCUT2D eigenvalue weighted by Gasteiger charge is -2.12. The van der Waals surface area contributed by atoms with Crippen molar-refractivity contribution >= 4 is 11.6 Å². The summed E-state index contributed by atoms with van der Waals surface area (Å²) in [5.74, 6) is 2.47. The Morgan fingerprint density at radius 2 is 2.21 bits per heavy atom. The summed E-state index contributed by atoms with van der Waals surface area (Å²) >= 11 is 0. The maximum atomic E-state index is 4.59. The molecule has 1 aliphatic rings. The second-order valence-corrected chi connectivity index (χ2v) is 4.74. The second kappa shape index (κ2) is 5.32. The van der Waals surface area contributed by atoms with Crippen molar-refractivity contribution < 1.29 is 0 Å². The maximum Gasteiger partial charge on any atom is 0.147 e. The molecule has 0 aliphatic carbocycles. The number of nitrogens with zero attached hydrogens (tertiary/aromatic N) is 3. The molecule has 0 radical (unpaired) electrons. The number of pyridine rings is 1. The molecule has 2 aromatic heterocycles. The summed E-state index contributed by atoms with van der Waals surface area (Å²) in [7, 11) is 0. The first-order valence-electron chi connectivity index (χ1n) is 6.58. The Kier molecular flexibility index (Phi) is 3.37.